The molecule has 4 rings (SSSR count). The smallest absolute Gasteiger partial charge is 0.231 e. The summed E-state index contributed by atoms with van der Waals surface area (Å²) < 4.78 is 10.8. The van der Waals surface area contributed by atoms with Crippen molar-refractivity contribution in [3.63, 3.8) is 0 Å². The van der Waals surface area contributed by atoms with E-state index < -0.39 is 0 Å². The van der Waals surface area contributed by atoms with E-state index in [1.54, 1.807) is 7.05 Å². The molecule has 3 aromatic rings. The third kappa shape index (κ3) is 3.91. The molecule has 0 saturated carbocycles. The van der Waals surface area contributed by atoms with Crippen LogP contribution in [-0.4, -0.2) is 37.9 Å². The second-order valence-electron chi connectivity index (χ2n) is 6.92. The highest BCUT2D eigenvalue weighted by atomic mass is 16.7. The average Bonchev–Trinajstić information content (AvgIpc) is 3.34. The summed E-state index contributed by atoms with van der Waals surface area (Å²) in [5, 5.41) is 8.06. The maximum Gasteiger partial charge on any atom is 0.231 e. The van der Waals surface area contributed by atoms with Gasteiger partial charge in [-0.2, -0.15) is 0 Å². The fraction of sp³-hybridized carbons (Fsp3) is 0.318. The van der Waals surface area contributed by atoms with Crippen molar-refractivity contribution in [2.24, 2.45) is 4.99 Å². The van der Waals surface area contributed by atoms with Crippen molar-refractivity contribution >= 4 is 16.9 Å². The van der Waals surface area contributed by atoms with Crippen molar-refractivity contribution in [1.82, 2.24) is 15.6 Å². The third-order valence-electron chi connectivity index (χ3n) is 5.06. The molecule has 0 radical (unpaired) electrons. The first-order valence-corrected chi connectivity index (χ1v) is 9.63. The summed E-state index contributed by atoms with van der Waals surface area (Å²) in [4.78, 5) is 7.70. The normalized spacial score (nSPS) is 13.1. The SMILES string of the molecule is CN=C(NCCc1ccc2c(c1)OCO2)NCCc1c[nH]c2c(C)cccc12. The van der Waals surface area contributed by atoms with Crippen LogP contribution in [0.25, 0.3) is 10.9 Å². The predicted octanol–water partition coefficient (Wildman–Crippen LogP) is 3.16. The zero-order valence-corrected chi connectivity index (χ0v) is 16.3. The molecule has 1 aliphatic rings. The maximum atomic E-state index is 5.43. The zero-order valence-electron chi connectivity index (χ0n) is 16.3. The Hall–Kier alpha value is -3.15. The number of benzene rings is 2. The summed E-state index contributed by atoms with van der Waals surface area (Å²) in [7, 11) is 1.80. The number of H-pyrrole nitrogens is 1. The Morgan fingerprint density at radius 2 is 1.89 bits per heavy atom. The van der Waals surface area contributed by atoms with Crippen molar-refractivity contribution in [3.8, 4) is 11.5 Å². The van der Waals surface area contributed by atoms with Crippen LogP contribution in [0.3, 0.4) is 0 Å². The second kappa shape index (κ2) is 8.25. The van der Waals surface area contributed by atoms with Crippen molar-refractivity contribution in [2.75, 3.05) is 26.9 Å². The Labute approximate surface area is 165 Å². The molecule has 1 aliphatic heterocycles. The molecule has 146 valence electrons. The molecule has 0 fully saturated rings. The highest BCUT2D eigenvalue weighted by molar-refractivity contribution is 5.86. The van der Waals surface area contributed by atoms with Crippen molar-refractivity contribution in [2.45, 2.75) is 19.8 Å². The van der Waals surface area contributed by atoms with Gasteiger partial charge < -0.3 is 25.1 Å². The predicted molar refractivity (Wildman–Crippen MR) is 112 cm³/mol. The Morgan fingerprint density at radius 1 is 1.07 bits per heavy atom. The molecule has 0 unspecified atom stereocenters. The summed E-state index contributed by atoms with van der Waals surface area (Å²) in [6.07, 6.45) is 3.93. The van der Waals surface area contributed by atoms with Gasteiger partial charge in [-0.15, -0.1) is 0 Å². The Kier molecular flexibility index (Phi) is 5.37. The van der Waals surface area contributed by atoms with E-state index in [-0.39, 0.29) is 0 Å². The number of guanidine groups is 1. The maximum absolute atomic E-state index is 5.43. The number of hydrogen-bond donors (Lipinski definition) is 3. The molecular weight excluding hydrogens is 352 g/mol. The van der Waals surface area contributed by atoms with Crippen LogP contribution in [0.1, 0.15) is 16.7 Å². The number of ether oxygens (including phenoxy) is 2. The zero-order chi connectivity index (χ0) is 19.3. The van der Waals surface area contributed by atoms with E-state index in [1.807, 2.05) is 12.1 Å². The highest BCUT2D eigenvalue weighted by Gasteiger charge is 2.13. The third-order valence-corrected chi connectivity index (χ3v) is 5.06. The average molecular weight is 378 g/mol. The van der Waals surface area contributed by atoms with Crippen molar-refractivity contribution < 1.29 is 9.47 Å². The lowest BCUT2D eigenvalue weighted by Crippen LogP contribution is -2.39. The topological polar surface area (TPSA) is 70.7 Å². The number of nitrogens with zero attached hydrogens (tertiary/aromatic N) is 1. The number of para-hydroxylation sites is 1. The molecule has 0 spiro atoms. The highest BCUT2D eigenvalue weighted by Crippen LogP contribution is 2.32. The minimum atomic E-state index is 0.309. The molecule has 28 heavy (non-hydrogen) atoms. The van der Waals surface area contributed by atoms with Gasteiger partial charge in [0, 0.05) is 37.2 Å². The van der Waals surface area contributed by atoms with Gasteiger partial charge in [0.1, 0.15) is 0 Å². The van der Waals surface area contributed by atoms with Gasteiger partial charge in [-0.3, -0.25) is 4.99 Å². The number of nitrogens with one attached hydrogen (secondary N) is 3. The van der Waals surface area contributed by atoms with E-state index in [0.717, 1.165) is 43.4 Å². The van der Waals surface area contributed by atoms with Crippen LogP contribution < -0.4 is 20.1 Å². The molecule has 6 nitrogen and oxygen atoms in total. The van der Waals surface area contributed by atoms with E-state index in [0.29, 0.717) is 6.79 Å². The lowest BCUT2D eigenvalue weighted by molar-refractivity contribution is 0.174. The fourth-order valence-electron chi connectivity index (χ4n) is 3.53. The van der Waals surface area contributed by atoms with Gasteiger partial charge in [-0.05, 0) is 48.6 Å². The summed E-state index contributed by atoms with van der Waals surface area (Å²) in [6.45, 7) is 4.06. The monoisotopic (exact) mass is 378 g/mol. The van der Waals surface area contributed by atoms with Crippen LogP contribution in [0.15, 0.2) is 47.6 Å². The van der Waals surface area contributed by atoms with E-state index >= 15 is 0 Å². The van der Waals surface area contributed by atoms with E-state index in [4.69, 9.17) is 9.47 Å². The summed E-state index contributed by atoms with van der Waals surface area (Å²) in [5.74, 6) is 2.47. The molecule has 0 atom stereocenters. The molecule has 2 heterocycles. The Morgan fingerprint density at radius 3 is 2.75 bits per heavy atom. The van der Waals surface area contributed by atoms with Crippen LogP contribution in [0.2, 0.25) is 0 Å². The largest absolute Gasteiger partial charge is 0.454 e. The number of aromatic nitrogens is 1. The lowest BCUT2D eigenvalue weighted by Gasteiger charge is -2.12. The van der Waals surface area contributed by atoms with Gasteiger partial charge >= 0.3 is 0 Å². The Bertz CT molecular complexity index is 993. The standard InChI is InChI=1S/C22H26N4O2/c1-15-4-3-5-18-17(13-26-21(15)18)9-11-25-22(23-2)24-10-8-16-6-7-19-20(12-16)28-14-27-19/h3-7,12-13,26H,8-11,14H2,1-2H3,(H2,23,24,25). The first-order chi connectivity index (χ1) is 13.7. The number of fused-ring (bicyclic) bond motifs is 2. The molecular formula is C22H26N4O2. The number of aliphatic imine (C=N–C) groups is 1. The van der Waals surface area contributed by atoms with Crippen LogP contribution in [0.5, 0.6) is 11.5 Å². The van der Waals surface area contributed by atoms with Crippen molar-refractivity contribution in [3.05, 3.63) is 59.3 Å². The molecule has 3 N–H and O–H groups in total. The van der Waals surface area contributed by atoms with Crippen LogP contribution in [-0.2, 0) is 12.8 Å². The summed E-state index contributed by atoms with van der Waals surface area (Å²) in [5.41, 5.74) is 5.03. The Balaban J connectivity index is 1.25. The molecule has 1 aromatic heterocycles. The van der Waals surface area contributed by atoms with Gasteiger partial charge in [0.15, 0.2) is 17.5 Å². The number of hydrogen-bond acceptors (Lipinski definition) is 3. The summed E-state index contributed by atoms with van der Waals surface area (Å²) in [6, 6.07) is 12.5. The minimum absolute atomic E-state index is 0.309. The fourth-order valence-corrected chi connectivity index (χ4v) is 3.53. The first kappa shape index (κ1) is 18.2. The van der Waals surface area contributed by atoms with Gasteiger partial charge in [-0.25, -0.2) is 0 Å². The van der Waals surface area contributed by atoms with Gasteiger partial charge in [0.05, 0.1) is 0 Å². The van der Waals surface area contributed by atoms with Gasteiger partial charge in [0.25, 0.3) is 0 Å². The summed E-state index contributed by atoms with van der Waals surface area (Å²) >= 11 is 0. The van der Waals surface area contributed by atoms with Crippen molar-refractivity contribution in [1.29, 1.82) is 0 Å². The van der Waals surface area contributed by atoms with Gasteiger partial charge in [0.2, 0.25) is 6.79 Å². The number of aryl methyl sites for hydroxylation is 1. The first-order valence-electron chi connectivity index (χ1n) is 9.63. The molecule has 0 saturated heterocycles. The van der Waals surface area contributed by atoms with Crippen LogP contribution in [0.4, 0.5) is 0 Å². The number of rotatable bonds is 6. The quantitative estimate of drug-likeness (QED) is 0.455. The van der Waals surface area contributed by atoms with Gasteiger partial charge in [-0.1, -0.05) is 24.3 Å². The van der Waals surface area contributed by atoms with E-state index in [1.165, 1.54) is 27.6 Å². The van der Waals surface area contributed by atoms with E-state index in [9.17, 15) is 0 Å². The van der Waals surface area contributed by atoms with Crippen LogP contribution >= 0.6 is 0 Å². The van der Waals surface area contributed by atoms with E-state index in [2.05, 4.69) is 58.0 Å². The minimum Gasteiger partial charge on any atom is -0.454 e. The molecule has 0 amide bonds. The lowest BCUT2D eigenvalue weighted by atomic mass is 10.1. The second-order valence-corrected chi connectivity index (χ2v) is 6.92. The number of aromatic amines is 1. The molecule has 6 heteroatoms. The molecule has 2 aromatic carbocycles. The van der Waals surface area contributed by atoms with Crippen LogP contribution in [0, 0.1) is 6.92 Å². The molecule has 0 bridgehead atoms. The molecule has 0 aliphatic carbocycles.